The Bertz CT molecular complexity index is 922. The van der Waals surface area contributed by atoms with E-state index in [0.717, 1.165) is 17.4 Å². The van der Waals surface area contributed by atoms with Gasteiger partial charge >= 0.3 is 21.6 Å². The van der Waals surface area contributed by atoms with E-state index >= 15 is 0 Å². The van der Waals surface area contributed by atoms with Gasteiger partial charge < -0.3 is 8.92 Å². The van der Waals surface area contributed by atoms with Gasteiger partial charge in [0.05, 0.1) is 16.5 Å². The molecule has 0 aliphatic heterocycles. The van der Waals surface area contributed by atoms with E-state index in [1.165, 1.54) is 12.3 Å². The molecule has 0 radical (unpaired) electrons. The lowest BCUT2D eigenvalue weighted by atomic mass is 10.0. The maximum Gasteiger partial charge on any atom is 0.534 e. The van der Waals surface area contributed by atoms with Crippen LogP contribution in [0, 0.1) is 6.92 Å². The van der Waals surface area contributed by atoms with E-state index in [0.29, 0.717) is 15.4 Å². The van der Waals surface area contributed by atoms with E-state index in [-0.39, 0.29) is 25.0 Å². The van der Waals surface area contributed by atoms with Crippen molar-refractivity contribution in [3.8, 4) is 16.2 Å². The molecule has 11 heteroatoms. The first-order chi connectivity index (χ1) is 12.5. The standard InChI is InChI=1S/C16H16F3NO5S2/c1-3-24-14(21)8-7-11-5-4-6-12(25-27(22,23)16(17,18)19)15(11)13-9-20-10(2)26-13/h4-6,9H,3,7-8H2,1-2H3. The van der Waals surface area contributed by atoms with E-state index in [1.807, 2.05) is 0 Å². The van der Waals surface area contributed by atoms with Crippen molar-refractivity contribution in [1.82, 2.24) is 4.98 Å². The fraction of sp³-hybridized carbons (Fsp3) is 0.375. The fourth-order valence-electron chi connectivity index (χ4n) is 2.25. The van der Waals surface area contributed by atoms with Crippen LogP contribution >= 0.6 is 11.3 Å². The molecule has 0 saturated carbocycles. The van der Waals surface area contributed by atoms with Crippen molar-refractivity contribution in [3.05, 3.63) is 35.0 Å². The number of hydrogen-bond acceptors (Lipinski definition) is 7. The summed E-state index contributed by atoms with van der Waals surface area (Å²) < 4.78 is 70.2. The van der Waals surface area contributed by atoms with Crippen LogP contribution in [0.15, 0.2) is 24.4 Å². The van der Waals surface area contributed by atoms with Crippen LogP contribution in [0.4, 0.5) is 13.2 Å². The molecule has 148 valence electrons. The van der Waals surface area contributed by atoms with Crippen molar-refractivity contribution in [2.45, 2.75) is 32.2 Å². The summed E-state index contributed by atoms with van der Waals surface area (Å²) in [5.74, 6) is -0.949. The number of halogens is 3. The van der Waals surface area contributed by atoms with Crippen molar-refractivity contribution in [2.75, 3.05) is 6.61 Å². The fourth-order valence-corrected chi connectivity index (χ4v) is 3.58. The summed E-state index contributed by atoms with van der Waals surface area (Å²) in [6.45, 7) is 3.55. The van der Waals surface area contributed by atoms with Gasteiger partial charge in [0, 0.05) is 18.2 Å². The average Bonchev–Trinajstić information content (AvgIpc) is 2.98. The minimum Gasteiger partial charge on any atom is -0.466 e. The molecule has 0 amide bonds. The first kappa shape index (κ1) is 21.2. The number of carbonyl (C=O) groups is 1. The molecule has 0 fully saturated rings. The molecule has 0 saturated heterocycles. The number of hydrogen-bond donors (Lipinski definition) is 0. The number of carbonyl (C=O) groups excluding carboxylic acids is 1. The molecule has 1 heterocycles. The Labute approximate surface area is 158 Å². The molecule has 2 aromatic rings. The summed E-state index contributed by atoms with van der Waals surface area (Å²) in [7, 11) is -5.84. The van der Waals surface area contributed by atoms with Gasteiger partial charge in [-0.05, 0) is 31.9 Å². The highest BCUT2D eigenvalue weighted by atomic mass is 32.2. The van der Waals surface area contributed by atoms with Gasteiger partial charge in [-0.3, -0.25) is 4.79 Å². The first-order valence-electron chi connectivity index (χ1n) is 7.76. The van der Waals surface area contributed by atoms with Crippen LogP contribution in [0.5, 0.6) is 5.75 Å². The molecule has 0 unspecified atom stereocenters. The largest absolute Gasteiger partial charge is 0.534 e. The van der Waals surface area contributed by atoms with Gasteiger partial charge in [0.2, 0.25) is 0 Å². The van der Waals surface area contributed by atoms with E-state index in [1.54, 1.807) is 19.9 Å². The Morgan fingerprint density at radius 2 is 2.00 bits per heavy atom. The van der Waals surface area contributed by atoms with Crippen LogP contribution < -0.4 is 4.18 Å². The number of aromatic nitrogens is 1. The molecule has 0 spiro atoms. The van der Waals surface area contributed by atoms with E-state index in [2.05, 4.69) is 9.17 Å². The van der Waals surface area contributed by atoms with E-state index in [4.69, 9.17) is 4.74 Å². The van der Waals surface area contributed by atoms with Crippen LogP contribution in [-0.2, 0) is 26.1 Å². The Morgan fingerprint density at radius 1 is 1.30 bits per heavy atom. The Morgan fingerprint density at radius 3 is 2.56 bits per heavy atom. The molecule has 0 bridgehead atoms. The molecular weight excluding hydrogens is 407 g/mol. The third-order valence-corrected chi connectivity index (χ3v) is 5.26. The number of esters is 1. The summed E-state index contributed by atoms with van der Waals surface area (Å²) >= 11 is 1.16. The summed E-state index contributed by atoms with van der Waals surface area (Å²) in [4.78, 5) is 16.1. The molecule has 2 rings (SSSR count). The van der Waals surface area contributed by atoms with Gasteiger partial charge in [0.15, 0.2) is 5.75 Å². The highest BCUT2D eigenvalue weighted by molar-refractivity contribution is 7.88. The number of nitrogens with zero attached hydrogens (tertiary/aromatic N) is 1. The van der Waals surface area contributed by atoms with Crippen LogP contribution in [0.2, 0.25) is 0 Å². The number of ether oxygens (including phenoxy) is 1. The minimum atomic E-state index is -5.84. The summed E-state index contributed by atoms with van der Waals surface area (Å²) in [6.07, 6.45) is 1.53. The van der Waals surface area contributed by atoms with E-state index in [9.17, 15) is 26.4 Å². The number of benzene rings is 1. The number of aryl methyl sites for hydroxylation is 2. The second-order valence-corrected chi connectivity index (χ2v) is 8.09. The zero-order chi connectivity index (χ0) is 20.2. The highest BCUT2D eigenvalue weighted by Crippen LogP contribution is 2.39. The van der Waals surface area contributed by atoms with E-state index < -0.39 is 27.3 Å². The van der Waals surface area contributed by atoms with Crippen molar-refractivity contribution < 1.29 is 35.3 Å². The third kappa shape index (κ3) is 5.19. The van der Waals surface area contributed by atoms with Crippen molar-refractivity contribution in [2.24, 2.45) is 0 Å². The van der Waals surface area contributed by atoms with Crippen LogP contribution in [0.25, 0.3) is 10.4 Å². The third-order valence-electron chi connectivity index (χ3n) is 3.37. The second-order valence-electron chi connectivity index (χ2n) is 5.32. The molecule has 6 nitrogen and oxygen atoms in total. The molecule has 0 atom stereocenters. The SMILES string of the molecule is CCOC(=O)CCc1cccc(OS(=O)(=O)C(F)(F)F)c1-c1cnc(C)s1. The predicted molar refractivity (Wildman–Crippen MR) is 92.8 cm³/mol. The van der Waals surface area contributed by atoms with Crippen LogP contribution in [0.3, 0.4) is 0 Å². The van der Waals surface area contributed by atoms with Crippen LogP contribution in [0.1, 0.15) is 23.9 Å². The summed E-state index contributed by atoms with van der Waals surface area (Å²) in [6, 6.07) is 4.07. The maximum absolute atomic E-state index is 12.7. The highest BCUT2D eigenvalue weighted by Gasteiger charge is 2.49. The molecule has 0 N–H and O–H groups in total. The van der Waals surface area contributed by atoms with Gasteiger partial charge in [-0.2, -0.15) is 21.6 Å². The monoisotopic (exact) mass is 423 g/mol. The maximum atomic E-state index is 12.7. The van der Waals surface area contributed by atoms with Crippen molar-refractivity contribution >= 4 is 27.4 Å². The Hall–Kier alpha value is -2.14. The minimum absolute atomic E-state index is 0.0197. The molecule has 1 aromatic heterocycles. The topological polar surface area (TPSA) is 82.6 Å². The van der Waals surface area contributed by atoms with Gasteiger partial charge in [0.1, 0.15) is 0 Å². The normalized spacial score (nSPS) is 12.0. The van der Waals surface area contributed by atoms with Gasteiger partial charge in [0.25, 0.3) is 0 Å². The molecule has 0 aliphatic rings. The lowest BCUT2D eigenvalue weighted by molar-refractivity contribution is -0.143. The molecular formula is C16H16F3NO5S2. The average molecular weight is 423 g/mol. The van der Waals surface area contributed by atoms with Gasteiger partial charge in [-0.15, -0.1) is 11.3 Å². The lowest BCUT2D eigenvalue weighted by Gasteiger charge is -2.15. The van der Waals surface area contributed by atoms with Gasteiger partial charge in [-0.25, -0.2) is 4.98 Å². The summed E-state index contributed by atoms with van der Waals surface area (Å²) in [5.41, 5.74) is -4.96. The number of rotatable bonds is 7. The smallest absolute Gasteiger partial charge is 0.466 e. The van der Waals surface area contributed by atoms with Crippen molar-refractivity contribution in [3.63, 3.8) is 0 Å². The molecule has 0 aliphatic carbocycles. The van der Waals surface area contributed by atoms with Gasteiger partial charge in [-0.1, -0.05) is 12.1 Å². The van der Waals surface area contributed by atoms with Crippen molar-refractivity contribution in [1.29, 1.82) is 0 Å². The predicted octanol–water partition coefficient (Wildman–Crippen LogP) is 3.84. The number of alkyl halides is 3. The second kappa shape index (κ2) is 8.26. The quantitative estimate of drug-likeness (QED) is 0.382. The Kier molecular flexibility index (Phi) is 6.47. The number of thiazole rings is 1. The molecule has 27 heavy (non-hydrogen) atoms. The summed E-state index contributed by atoms with van der Waals surface area (Å²) in [5, 5.41) is 0.634. The lowest BCUT2D eigenvalue weighted by Crippen LogP contribution is -2.28. The van der Waals surface area contributed by atoms with Crippen LogP contribution in [-0.4, -0.2) is 31.5 Å². The zero-order valence-electron chi connectivity index (χ0n) is 14.4. The Balaban J connectivity index is 2.47. The zero-order valence-corrected chi connectivity index (χ0v) is 16.0. The molecule has 1 aromatic carbocycles. The first-order valence-corrected chi connectivity index (χ1v) is 9.98.